The summed E-state index contributed by atoms with van der Waals surface area (Å²) >= 11 is 0. The zero-order valence-corrected chi connectivity index (χ0v) is 8.15. The quantitative estimate of drug-likeness (QED) is 0.470. The van der Waals surface area contributed by atoms with E-state index in [9.17, 15) is 19.3 Å². The summed E-state index contributed by atoms with van der Waals surface area (Å²) < 4.78 is 13.6. The van der Waals surface area contributed by atoms with Crippen molar-refractivity contribution >= 4 is 17.3 Å². The molecule has 0 aliphatic rings. The van der Waals surface area contributed by atoms with Crippen LogP contribution in [0.2, 0.25) is 0 Å². The average molecular weight is 223 g/mol. The minimum atomic E-state index is -1.29. The van der Waals surface area contributed by atoms with Crippen molar-refractivity contribution in [1.82, 2.24) is 5.32 Å². The molecule has 0 unspecified atom stereocenters. The van der Waals surface area contributed by atoms with Crippen molar-refractivity contribution in [3.05, 3.63) is 45.0 Å². The Morgan fingerprint density at radius 1 is 1.62 bits per heavy atom. The van der Waals surface area contributed by atoms with Gasteiger partial charge in [0.15, 0.2) is 0 Å². The number of hydrogen-bond donors (Lipinski definition) is 1. The van der Waals surface area contributed by atoms with Crippen LogP contribution < -0.4 is 5.32 Å². The lowest BCUT2D eigenvalue weighted by atomic mass is 10.1. The number of hydrogen-bond acceptors (Lipinski definition) is 3. The molecule has 1 aromatic rings. The van der Waals surface area contributed by atoms with Crippen LogP contribution in [-0.2, 0) is 0 Å². The molecule has 6 nitrogen and oxygen atoms in total. The van der Waals surface area contributed by atoms with Crippen molar-refractivity contribution in [1.29, 1.82) is 0 Å². The molecule has 1 aromatic carbocycles. The van der Waals surface area contributed by atoms with Crippen LogP contribution in [0, 0.1) is 22.5 Å². The molecule has 0 atom stereocenters. The summed E-state index contributed by atoms with van der Waals surface area (Å²) in [5, 5.41) is 12.7. The third-order valence-corrected chi connectivity index (χ3v) is 1.87. The Kier molecular flexibility index (Phi) is 3.15. The Balaban J connectivity index is 3.51. The number of rotatable bonds is 2. The third kappa shape index (κ3) is 1.81. The Morgan fingerprint density at radius 2 is 2.25 bits per heavy atom. The van der Waals surface area contributed by atoms with Gasteiger partial charge in [0.05, 0.1) is 17.1 Å². The Bertz CT molecular complexity index is 507. The number of carbonyl (C=O) groups is 1. The highest BCUT2D eigenvalue weighted by Gasteiger charge is 2.26. The predicted molar refractivity (Wildman–Crippen MR) is 52.7 cm³/mol. The van der Waals surface area contributed by atoms with Gasteiger partial charge in [0.1, 0.15) is 0 Å². The van der Waals surface area contributed by atoms with Gasteiger partial charge in [-0.2, -0.15) is 0 Å². The minimum absolute atomic E-state index is 0.435. The lowest BCUT2D eigenvalue weighted by molar-refractivity contribution is -0.386. The first-order valence-electron chi connectivity index (χ1n) is 4.09. The summed E-state index contributed by atoms with van der Waals surface area (Å²) in [6.07, 6.45) is 0. The van der Waals surface area contributed by atoms with E-state index in [0.29, 0.717) is 0 Å². The van der Waals surface area contributed by atoms with Gasteiger partial charge in [0.2, 0.25) is 5.82 Å². The van der Waals surface area contributed by atoms with Crippen molar-refractivity contribution in [2.45, 2.75) is 0 Å². The molecule has 0 aliphatic carbocycles. The molecule has 0 aromatic heterocycles. The standard InChI is InChI=1S/C9H6FN3O3/c1-11-6-4-3-5(9(14)12-2)7(10)8(6)13(15)16/h3-4H,2H3,(H,12,14). The van der Waals surface area contributed by atoms with Gasteiger partial charge in [-0.1, -0.05) is 6.07 Å². The predicted octanol–water partition coefficient (Wildman–Crippen LogP) is 1.64. The number of carbonyl (C=O) groups excluding carboxylic acids is 1. The van der Waals surface area contributed by atoms with E-state index in [4.69, 9.17) is 6.57 Å². The molecule has 1 rings (SSSR count). The summed E-state index contributed by atoms with van der Waals surface area (Å²) in [7, 11) is 1.27. The fourth-order valence-corrected chi connectivity index (χ4v) is 1.13. The SMILES string of the molecule is [C-]#[N+]c1ccc(C(=O)NC)c(F)c1[N+](=O)[O-]. The van der Waals surface area contributed by atoms with Crippen molar-refractivity contribution in [2.24, 2.45) is 0 Å². The van der Waals surface area contributed by atoms with E-state index in [1.165, 1.54) is 7.05 Å². The molecule has 16 heavy (non-hydrogen) atoms. The molecular formula is C9H6FN3O3. The van der Waals surface area contributed by atoms with E-state index < -0.39 is 33.6 Å². The fraction of sp³-hybridized carbons (Fsp3) is 0.111. The van der Waals surface area contributed by atoms with E-state index in [0.717, 1.165) is 12.1 Å². The zero-order chi connectivity index (χ0) is 12.3. The number of halogens is 1. The van der Waals surface area contributed by atoms with Gasteiger partial charge in [-0.05, 0) is 6.07 Å². The average Bonchev–Trinajstić information content (AvgIpc) is 2.26. The number of benzene rings is 1. The summed E-state index contributed by atoms with van der Waals surface area (Å²) in [5.74, 6) is -2.07. The van der Waals surface area contributed by atoms with Crippen LogP contribution >= 0.6 is 0 Å². The minimum Gasteiger partial charge on any atom is -0.355 e. The Hall–Kier alpha value is -2.49. The van der Waals surface area contributed by atoms with Crippen molar-refractivity contribution in [2.75, 3.05) is 7.05 Å². The maximum atomic E-state index is 13.6. The molecule has 1 N–H and O–H groups in total. The van der Waals surface area contributed by atoms with Gasteiger partial charge < -0.3 is 5.32 Å². The topological polar surface area (TPSA) is 76.6 Å². The molecule has 0 aliphatic heterocycles. The molecule has 0 heterocycles. The monoisotopic (exact) mass is 223 g/mol. The van der Waals surface area contributed by atoms with Crippen molar-refractivity contribution < 1.29 is 14.1 Å². The molecule has 0 saturated heterocycles. The van der Waals surface area contributed by atoms with E-state index in [1.807, 2.05) is 0 Å². The lowest BCUT2D eigenvalue weighted by Gasteiger charge is -2.03. The van der Waals surface area contributed by atoms with Crippen LogP contribution in [0.3, 0.4) is 0 Å². The number of nitro groups is 1. The van der Waals surface area contributed by atoms with Crippen LogP contribution in [0.15, 0.2) is 12.1 Å². The van der Waals surface area contributed by atoms with Crippen LogP contribution in [0.5, 0.6) is 0 Å². The largest absolute Gasteiger partial charge is 0.355 e. The molecule has 0 bridgehead atoms. The van der Waals surface area contributed by atoms with Crippen molar-refractivity contribution in [3.8, 4) is 0 Å². The summed E-state index contributed by atoms with van der Waals surface area (Å²) in [6, 6.07) is 2.08. The maximum absolute atomic E-state index is 13.6. The van der Waals surface area contributed by atoms with E-state index in [-0.39, 0.29) is 0 Å². The molecule has 0 saturated carbocycles. The van der Waals surface area contributed by atoms with Gasteiger partial charge in [-0.15, -0.1) is 0 Å². The van der Waals surface area contributed by atoms with Gasteiger partial charge in [0, 0.05) is 7.05 Å². The third-order valence-electron chi connectivity index (χ3n) is 1.87. The fourth-order valence-electron chi connectivity index (χ4n) is 1.13. The summed E-state index contributed by atoms with van der Waals surface area (Å²) in [5.41, 5.74) is -1.87. The van der Waals surface area contributed by atoms with E-state index in [1.54, 1.807) is 0 Å². The van der Waals surface area contributed by atoms with Gasteiger partial charge in [0.25, 0.3) is 11.6 Å². The normalized spacial score (nSPS) is 9.31. The molecule has 0 spiro atoms. The first-order valence-corrected chi connectivity index (χ1v) is 4.09. The zero-order valence-electron chi connectivity index (χ0n) is 8.15. The number of nitro benzene ring substituents is 1. The highest BCUT2D eigenvalue weighted by atomic mass is 19.1. The van der Waals surface area contributed by atoms with Crippen LogP contribution in [0.4, 0.5) is 15.8 Å². The molecule has 0 radical (unpaired) electrons. The second-order valence-electron chi connectivity index (χ2n) is 2.74. The summed E-state index contributed by atoms with van der Waals surface area (Å²) in [4.78, 5) is 23.5. The second kappa shape index (κ2) is 4.35. The Labute approximate surface area is 89.7 Å². The smallest absolute Gasteiger partial charge is 0.315 e. The van der Waals surface area contributed by atoms with Crippen molar-refractivity contribution in [3.63, 3.8) is 0 Å². The van der Waals surface area contributed by atoms with Crippen LogP contribution in [0.25, 0.3) is 4.85 Å². The first-order chi connectivity index (χ1) is 7.52. The lowest BCUT2D eigenvalue weighted by Crippen LogP contribution is -2.19. The highest BCUT2D eigenvalue weighted by Crippen LogP contribution is 2.32. The molecule has 82 valence electrons. The maximum Gasteiger partial charge on any atom is 0.315 e. The molecule has 0 fully saturated rings. The molecule has 1 amide bonds. The molecular weight excluding hydrogens is 217 g/mol. The van der Waals surface area contributed by atoms with E-state index >= 15 is 0 Å². The van der Waals surface area contributed by atoms with Crippen LogP contribution in [-0.4, -0.2) is 17.9 Å². The second-order valence-corrected chi connectivity index (χ2v) is 2.74. The number of nitrogens with zero attached hydrogens (tertiary/aromatic N) is 2. The first kappa shape index (κ1) is 11.6. The van der Waals surface area contributed by atoms with Crippen LogP contribution in [0.1, 0.15) is 10.4 Å². The van der Waals surface area contributed by atoms with E-state index in [2.05, 4.69) is 10.2 Å². The Morgan fingerprint density at radius 3 is 2.69 bits per heavy atom. The summed E-state index contributed by atoms with van der Waals surface area (Å²) in [6.45, 7) is 6.65. The van der Waals surface area contributed by atoms with Gasteiger partial charge in [-0.3, -0.25) is 14.9 Å². The van der Waals surface area contributed by atoms with Gasteiger partial charge in [-0.25, -0.2) is 9.24 Å². The number of nitrogens with one attached hydrogen (secondary N) is 1. The number of amides is 1. The van der Waals surface area contributed by atoms with Gasteiger partial charge >= 0.3 is 5.69 Å². The molecule has 7 heteroatoms. The highest BCUT2D eigenvalue weighted by molar-refractivity contribution is 5.96.